The van der Waals surface area contributed by atoms with Gasteiger partial charge in [-0.2, -0.15) is 5.26 Å². The van der Waals surface area contributed by atoms with Gasteiger partial charge < -0.3 is 10.2 Å². The second-order valence-corrected chi connectivity index (χ2v) is 3.32. The van der Waals surface area contributed by atoms with Crippen molar-refractivity contribution in [1.82, 2.24) is 5.32 Å². The Kier molecular flexibility index (Phi) is 5.03. The number of nitrogens with one attached hydrogen (secondary N) is 1. The van der Waals surface area contributed by atoms with Gasteiger partial charge in [0.15, 0.2) is 0 Å². The van der Waals surface area contributed by atoms with E-state index in [1.54, 1.807) is 11.9 Å². The van der Waals surface area contributed by atoms with Gasteiger partial charge in [-0.3, -0.25) is 4.79 Å². The lowest BCUT2D eigenvalue weighted by atomic mass is 10.2. The molecule has 0 unspecified atom stereocenters. The summed E-state index contributed by atoms with van der Waals surface area (Å²) in [7, 11) is 1.73. The smallest absolute Gasteiger partial charge is 0.240 e. The topological polar surface area (TPSA) is 56.1 Å². The third-order valence-corrected chi connectivity index (χ3v) is 2.14. The van der Waals surface area contributed by atoms with Crippen LogP contribution in [0.1, 0.15) is 6.42 Å². The van der Waals surface area contributed by atoms with Crippen molar-refractivity contribution in [3.8, 4) is 6.07 Å². The van der Waals surface area contributed by atoms with Crippen LogP contribution in [0.25, 0.3) is 0 Å². The van der Waals surface area contributed by atoms with Crippen LogP contribution in [0, 0.1) is 11.3 Å². The fourth-order valence-electron chi connectivity index (χ4n) is 1.41. The lowest BCUT2D eigenvalue weighted by molar-refractivity contribution is -0.117. The number of para-hydroxylation sites is 1. The van der Waals surface area contributed by atoms with Crippen LogP contribution < -0.4 is 10.2 Å². The molecule has 0 radical (unpaired) electrons. The number of likely N-dealkylation sites (N-methyl/N-ethyl adjacent to an activating group) is 1. The predicted octanol–water partition coefficient (Wildman–Crippen LogP) is 1.15. The van der Waals surface area contributed by atoms with E-state index in [0.29, 0.717) is 13.0 Å². The highest BCUT2D eigenvalue weighted by molar-refractivity contribution is 5.94. The van der Waals surface area contributed by atoms with Crippen LogP contribution in [0.2, 0.25) is 0 Å². The van der Waals surface area contributed by atoms with Crippen LogP contribution in [-0.2, 0) is 4.79 Å². The van der Waals surface area contributed by atoms with E-state index in [1.165, 1.54) is 0 Å². The minimum Gasteiger partial charge on any atom is -0.311 e. The highest BCUT2D eigenvalue weighted by Gasteiger charge is 2.13. The first kappa shape index (κ1) is 12.2. The molecule has 4 nitrogen and oxygen atoms in total. The van der Waals surface area contributed by atoms with Gasteiger partial charge in [-0.1, -0.05) is 18.2 Å². The van der Waals surface area contributed by atoms with Crippen molar-refractivity contribution >= 4 is 11.6 Å². The maximum absolute atomic E-state index is 11.8. The van der Waals surface area contributed by atoms with Crippen molar-refractivity contribution in [3.63, 3.8) is 0 Å². The molecule has 1 aromatic carbocycles. The molecule has 0 aliphatic carbocycles. The molecule has 1 aromatic rings. The van der Waals surface area contributed by atoms with Gasteiger partial charge >= 0.3 is 0 Å². The number of nitriles is 1. The summed E-state index contributed by atoms with van der Waals surface area (Å²) >= 11 is 0. The molecule has 0 aliphatic heterocycles. The van der Waals surface area contributed by atoms with Crippen LogP contribution in [0.15, 0.2) is 30.3 Å². The summed E-state index contributed by atoms with van der Waals surface area (Å²) in [5, 5.41) is 11.4. The minimum atomic E-state index is -0.0241. The Bertz CT molecular complexity index is 370. The number of anilines is 1. The van der Waals surface area contributed by atoms with Crippen LogP contribution in [0.5, 0.6) is 0 Å². The molecule has 0 saturated heterocycles. The highest BCUT2D eigenvalue weighted by atomic mass is 16.2. The number of carbonyl (C=O) groups excluding carboxylic acids is 1. The third-order valence-electron chi connectivity index (χ3n) is 2.14. The quantitative estimate of drug-likeness (QED) is 0.805. The van der Waals surface area contributed by atoms with Crippen molar-refractivity contribution in [2.24, 2.45) is 0 Å². The zero-order valence-electron chi connectivity index (χ0n) is 9.31. The summed E-state index contributed by atoms with van der Waals surface area (Å²) in [6.45, 7) is 0.710. The van der Waals surface area contributed by atoms with Crippen molar-refractivity contribution in [3.05, 3.63) is 30.3 Å². The van der Waals surface area contributed by atoms with Gasteiger partial charge in [0, 0.05) is 12.2 Å². The van der Waals surface area contributed by atoms with E-state index >= 15 is 0 Å². The number of hydrogen-bond acceptors (Lipinski definition) is 3. The first-order chi connectivity index (χ1) is 7.79. The molecule has 0 heterocycles. The number of carbonyl (C=O) groups is 1. The summed E-state index contributed by atoms with van der Waals surface area (Å²) in [5.74, 6) is -0.0241. The molecular formula is C12H15N3O. The van der Waals surface area contributed by atoms with E-state index in [4.69, 9.17) is 5.26 Å². The molecule has 0 bridgehead atoms. The zero-order valence-corrected chi connectivity index (χ0v) is 9.31. The summed E-state index contributed by atoms with van der Waals surface area (Å²) < 4.78 is 0. The van der Waals surface area contributed by atoms with Crippen molar-refractivity contribution in [2.75, 3.05) is 25.0 Å². The number of rotatable bonds is 5. The monoisotopic (exact) mass is 217 g/mol. The molecular weight excluding hydrogens is 202 g/mol. The number of amides is 1. The molecule has 0 fully saturated rings. The average molecular weight is 217 g/mol. The third kappa shape index (κ3) is 3.37. The van der Waals surface area contributed by atoms with Crippen molar-refractivity contribution in [2.45, 2.75) is 6.42 Å². The highest BCUT2D eigenvalue weighted by Crippen LogP contribution is 2.13. The van der Waals surface area contributed by atoms with Crippen molar-refractivity contribution < 1.29 is 4.79 Å². The van der Waals surface area contributed by atoms with Gasteiger partial charge in [0.05, 0.1) is 19.0 Å². The molecule has 1 N–H and O–H groups in total. The Morgan fingerprint density at radius 1 is 1.44 bits per heavy atom. The molecule has 4 heteroatoms. The van der Waals surface area contributed by atoms with Crippen LogP contribution in [0.4, 0.5) is 5.69 Å². The summed E-state index contributed by atoms with van der Waals surface area (Å²) in [4.78, 5) is 13.4. The van der Waals surface area contributed by atoms with E-state index < -0.39 is 0 Å². The molecule has 0 saturated carbocycles. The minimum absolute atomic E-state index is 0.0241. The van der Waals surface area contributed by atoms with E-state index in [2.05, 4.69) is 11.4 Å². The van der Waals surface area contributed by atoms with Gasteiger partial charge in [0.25, 0.3) is 0 Å². The number of nitrogens with zero attached hydrogens (tertiary/aromatic N) is 2. The molecule has 1 rings (SSSR count). The SMILES string of the molecule is CNCC(=O)N(CCC#N)c1ccccc1. The van der Waals surface area contributed by atoms with Gasteiger partial charge in [-0.15, -0.1) is 0 Å². The second-order valence-electron chi connectivity index (χ2n) is 3.32. The fraction of sp³-hybridized carbons (Fsp3) is 0.333. The number of hydrogen-bond donors (Lipinski definition) is 1. The van der Waals surface area contributed by atoms with Crippen LogP contribution in [-0.4, -0.2) is 26.0 Å². The molecule has 84 valence electrons. The van der Waals surface area contributed by atoms with E-state index in [9.17, 15) is 4.79 Å². The Morgan fingerprint density at radius 2 is 2.12 bits per heavy atom. The average Bonchev–Trinajstić information content (AvgIpc) is 2.31. The Hall–Kier alpha value is -1.86. The maximum Gasteiger partial charge on any atom is 0.240 e. The Labute approximate surface area is 95.5 Å². The van der Waals surface area contributed by atoms with Gasteiger partial charge in [0.1, 0.15) is 0 Å². The van der Waals surface area contributed by atoms with Gasteiger partial charge in [0.2, 0.25) is 5.91 Å². The molecule has 1 amide bonds. The maximum atomic E-state index is 11.8. The van der Waals surface area contributed by atoms with E-state index in [-0.39, 0.29) is 12.5 Å². The van der Waals surface area contributed by atoms with Crippen molar-refractivity contribution in [1.29, 1.82) is 5.26 Å². The standard InChI is InChI=1S/C12H15N3O/c1-14-10-12(16)15(9-5-8-13)11-6-3-2-4-7-11/h2-4,6-7,14H,5,9-10H2,1H3. The normalized spacial score (nSPS) is 9.50. The van der Waals surface area contributed by atoms with E-state index in [0.717, 1.165) is 5.69 Å². The van der Waals surface area contributed by atoms with Crippen LogP contribution in [0.3, 0.4) is 0 Å². The predicted molar refractivity (Wildman–Crippen MR) is 63.0 cm³/mol. The first-order valence-corrected chi connectivity index (χ1v) is 5.16. The molecule has 0 aromatic heterocycles. The summed E-state index contributed by atoms with van der Waals surface area (Å²) in [6, 6.07) is 11.4. The Morgan fingerprint density at radius 3 is 2.69 bits per heavy atom. The lowest BCUT2D eigenvalue weighted by Crippen LogP contribution is -2.37. The summed E-state index contributed by atoms with van der Waals surface area (Å²) in [5.41, 5.74) is 0.831. The fourth-order valence-corrected chi connectivity index (χ4v) is 1.41. The molecule has 16 heavy (non-hydrogen) atoms. The Balaban J connectivity index is 2.79. The summed E-state index contributed by atoms with van der Waals surface area (Å²) in [6.07, 6.45) is 0.338. The van der Waals surface area contributed by atoms with Crippen LogP contribution >= 0.6 is 0 Å². The second kappa shape index (κ2) is 6.59. The zero-order chi connectivity index (χ0) is 11.8. The lowest BCUT2D eigenvalue weighted by Gasteiger charge is -2.21. The molecule has 0 spiro atoms. The van der Waals surface area contributed by atoms with Gasteiger partial charge in [-0.25, -0.2) is 0 Å². The molecule has 0 atom stereocenters. The largest absolute Gasteiger partial charge is 0.311 e. The number of benzene rings is 1. The molecule has 0 aliphatic rings. The first-order valence-electron chi connectivity index (χ1n) is 5.16. The van der Waals surface area contributed by atoms with Gasteiger partial charge in [-0.05, 0) is 19.2 Å². The van der Waals surface area contributed by atoms with E-state index in [1.807, 2.05) is 30.3 Å².